The summed E-state index contributed by atoms with van der Waals surface area (Å²) in [5.41, 5.74) is 1.51. The van der Waals surface area contributed by atoms with Gasteiger partial charge < -0.3 is 5.11 Å². The van der Waals surface area contributed by atoms with Crippen molar-refractivity contribution >= 4 is 27.6 Å². The number of aromatic nitrogens is 2. The zero-order chi connectivity index (χ0) is 18.2. The quantitative estimate of drug-likeness (QED) is 0.724. The third kappa shape index (κ3) is 3.55. The van der Waals surface area contributed by atoms with E-state index < -0.39 is 16.0 Å². The fraction of sp³-hybridized carbons (Fsp3) is 0. The van der Waals surface area contributed by atoms with Gasteiger partial charge in [0.05, 0.1) is 16.3 Å². The van der Waals surface area contributed by atoms with Crippen molar-refractivity contribution in [2.75, 3.05) is 0 Å². The first-order valence-electron chi connectivity index (χ1n) is 6.98. The number of hydrogen-bond donors (Lipinski definition) is 2. The largest absolute Gasteiger partial charge is 0.476 e. The molecule has 9 heteroatoms. The van der Waals surface area contributed by atoms with E-state index in [1.54, 1.807) is 24.3 Å². The Balaban J connectivity index is 2.16. The number of carbonyl (C=O) groups is 1. The lowest BCUT2D eigenvalue weighted by molar-refractivity contribution is 0.0690. The molecule has 1 heterocycles. The molecule has 0 radical (unpaired) electrons. The molecule has 3 rings (SSSR count). The summed E-state index contributed by atoms with van der Waals surface area (Å²) in [6, 6.07) is 13.9. The monoisotopic (exact) mass is 377 g/mol. The van der Waals surface area contributed by atoms with Crippen LogP contribution in [0.25, 0.3) is 16.9 Å². The van der Waals surface area contributed by atoms with Crippen molar-refractivity contribution in [3.63, 3.8) is 0 Å². The number of hydrogen-bond acceptors (Lipinski definition) is 4. The highest BCUT2D eigenvalue weighted by Gasteiger charge is 2.17. The molecule has 0 spiro atoms. The average molecular weight is 378 g/mol. The third-order valence-corrected chi connectivity index (χ3v) is 4.62. The lowest BCUT2D eigenvalue weighted by Crippen LogP contribution is -2.12. The molecule has 1 aromatic heterocycles. The van der Waals surface area contributed by atoms with E-state index >= 15 is 0 Å². The van der Waals surface area contributed by atoms with E-state index in [1.165, 1.54) is 35.0 Å². The molecule has 0 aliphatic carbocycles. The molecule has 3 N–H and O–H groups in total. The van der Waals surface area contributed by atoms with E-state index in [2.05, 4.69) is 5.10 Å². The number of carboxylic acids is 1. The maximum Gasteiger partial charge on any atom is 0.356 e. The summed E-state index contributed by atoms with van der Waals surface area (Å²) in [7, 11) is -3.82. The van der Waals surface area contributed by atoms with E-state index in [9.17, 15) is 18.3 Å². The van der Waals surface area contributed by atoms with Crippen molar-refractivity contribution < 1.29 is 18.3 Å². The summed E-state index contributed by atoms with van der Waals surface area (Å²) in [5.74, 6) is -1.18. The van der Waals surface area contributed by atoms with Crippen molar-refractivity contribution in [3.8, 4) is 16.9 Å². The molecular formula is C16H12ClN3O4S. The molecule has 0 unspecified atom stereocenters. The van der Waals surface area contributed by atoms with Gasteiger partial charge in [0, 0.05) is 10.6 Å². The van der Waals surface area contributed by atoms with E-state index in [0.29, 0.717) is 22.0 Å². The molecule has 0 aliphatic heterocycles. The number of benzene rings is 2. The van der Waals surface area contributed by atoms with Gasteiger partial charge in [0.1, 0.15) is 0 Å². The molecule has 7 nitrogen and oxygen atoms in total. The highest BCUT2D eigenvalue weighted by atomic mass is 35.5. The van der Waals surface area contributed by atoms with Crippen molar-refractivity contribution in [1.29, 1.82) is 0 Å². The van der Waals surface area contributed by atoms with E-state index in [1.807, 2.05) is 0 Å². The Morgan fingerprint density at radius 3 is 2.36 bits per heavy atom. The first kappa shape index (κ1) is 17.2. The van der Waals surface area contributed by atoms with Gasteiger partial charge in [-0.25, -0.2) is 23.0 Å². The molecule has 0 saturated heterocycles. The minimum atomic E-state index is -3.82. The summed E-state index contributed by atoms with van der Waals surface area (Å²) in [5, 5.41) is 18.9. The van der Waals surface area contributed by atoms with Crippen LogP contribution in [0.15, 0.2) is 59.5 Å². The lowest BCUT2D eigenvalue weighted by atomic mass is 10.1. The standard InChI is InChI=1S/C16H12ClN3O4S/c17-11-3-1-2-10(8-11)15-9-14(16(21)22)19-20(15)12-4-6-13(7-5-12)25(18,23)24/h1-9H,(H,21,22)(H2,18,23,24). The normalized spacial score (nSPS) is 11.4. The Bertz CT molecular complexity index is 1060. The second kappa shape index (κ2) is 6.32. The van der Waals surface area contributed by atoms with Crippen LogP contribution in [0.2, 0.25) is 5.02 Å². The lowest BCUT2D eigenvalue weighted by Gasteiger charge is -2.08. The van der Waals surface area contributed by atoms with Gasteiger partial charge in [-0.3, -0.25) is 0 Å². The van der Waals surface area contributed by atoms with Crippen LogP contribution in [-0.2, 0) is 10.0 Å². The first-order chi connectivity index (χ1) is 11.8. The Labute approximate surface area is 148 Å². The molecule has 0 atom stereocenters. The van der Waals surface area contributed by atoms with Crippen LogP contribution in [0.5, 0.6) is 0 Å². The summed E-state index contributed by atoms with van der Waals surface area (Å²) < 4.78 is 24.1. The van der Waals surface area contributed by atoms with Gasteiger partial charge in [0.15, 0.2) is 5.69 Å². The molecule has 128 valence electrons. The molecule has 0 bridgehead atoms. The second-order valence-electron chi connectivity index (χ2n) is 5.18. The van der Waals surface area contributed by atoms with Gasteiger partial charge in [-0.05, 0) is 42.5 Å². The summed E-state index contributed by atoms with van der Waals surface area (Å²) in [6.07, 6.45) is 0. The SMILES string of the molecule is NS(=O)(=O)c1ccc(-n2nc(C(=O)O)cc2-c2cccc(Cl)c2)cc1. The molecule has 2 aromatic carbocycles. The zero-order valence-electron chi connectivity index (χ0n) is 12.6. The van der Waals surface area contributed by atoms with Crippen molar-refractivity contribution in [2.45, 2.75) is 4.90 Å². The minimum absolute atomic E-state index is 0.0498. The van der Waals surface area contributed by atoms with Crippen LogP contribution in [0.1, 0.15) is 10.5 Å². The number of rotatable bonds is 4. The number of nitrogens with zero attached hydrogens (tertiary/aromatic N) is 2. The molecule has 0 fully saturated rings. The van der Waals surface area contributed by atoms with Gasteiger partial charge >= 0.3 is 5.97 Å². The zero-order valence-corrected chi connectivity index (χ0v) is 14.2. The molecular weight excluding hydrogens is 366 g/mol. The molecule has 0 amide bonds. The Morgan fingerprint density at radius 2 is 1.80 bits per heavy atom. The van der Waals surface area contributed by atoms with Crippen LogP contribution in [0.4, 0.5) is 0 Å². The molecule has 25 heavy (non-hydrogen) atoms. The number of carboxylic acid groups (broad SMARTS) is 1. The number of nitrogens with two attached hydrogens (primary N) is 1. The van der Waals surface area contributed by atoms with Gasteiger partial charge in [-0.2, -0.15) is 5.10 Å². The Morgan fingerprint density at radius 1 is 1.12 bits per heavy atom. The predicted octanol–water partition coefficient (Wildman–Crippen LogP) is 2.54. The number of aromatic carboxylic acids is 1. The van der Waals surface area contributed by atoms with Crippen LogP contribution >= 0.6 is 11.6 Å². The molecule has 0 aliphatic rings. The molecule has 3 aromatic rings. The van der Waals surface area contributed by atoms with Gasteiger partial charge in [0.2, 0.25) is 10.0 Å². The van der Waals surface area contributed by atoms with Gasteiger partial charge in [-0.1, -0.05) is 23.7 Å². The van der Waals surface area contributed by atoms with E-state index in [-0.39, 0.29) is 10.6 Å². The minimum Gasteiger partial charge on any atom is -0.476 e. The summed E-state index contributed by atoms with van der Waals surface area (Å²) in [6.45, 7) is 0. The van der Waals surface area contributed by atoms with Crippen molar-refractivity contribution in [1.82, 2.24) is 9.78 Å². The van der Waals surface area contributed by atoms with Crippen molar-refractivity contribution in [2.24, 2.45) is 5.14 Å². The topological polar surface area (TPSA) is 115 Å². The Hall–Kier alpha value is -2.68. The first-order valence-corrected chi connectivity index (χ1v) is 8.91. The predicted molar refractivity (Wildman–Crippen MR) is 92.3 cm³/mol. The van der Waals surface area contributed by atoms with Gasteiger partial charge in [0.25, 0.3) is 0 Å². The van der Waals surface area contributed by atoms with Crippen LogP contribution < -0.4 is 5.14 Å². The average Bonchev–Trinajstić information content (AvgIpc) is 3.00. The number of halogens is 1. The summed E-state index contributed by atoms with van der Waals surface area (Å²) >= 11 is 6.01. The Kier molecular flexibility index (Phi) is 4.34. The fourth-order valence-corrected chi connectivity index (χ4v) is 3.02. The van der Waals surface area contributed by atoms with E-state index in [4.69, 9.17) is 16.7 Å². The van der Waals surface area contributed by atoms with E-state index in [0.717, 1.165) is 0 Å². The maximum absolute atomic E-state index is 11.4. The van der Waals surface area contributed by atoms with Crippen LogP contribution in [0.3, 0.4) is 0 Å². The second-order valence-corrected chi connectivity index (χ2v) is 7.18. The third-order valence-electron chi connectivity index (χ3n) is 3.46. The fourth-order valence-electron chi connectivity index (χ4n) is 2.31. The maximum atomic E-state index is 11.4. The highest BCUT2D eigenvalue weighted by Crippen LogP contribution is 2.26. The van der Waals surface area contributed by atoms with Gasteiger partial charge in [-0.15, -0.1) is 0 Å². The number of primary sulfonamides is 1. The number of sulfonamides is 1. The van der Waals surface area contributed by atoms with Crippen LogP contribution in [0, 0.1) is 0 Å². The molecule has 0 saturated carbocycles. The smallest absolute Gasteiger partial charge is 0.356 e. The summed E-state index contributed by atoms with van der Waals surface area (Å²) in [4.78, 5) is 11.2. The van der Waals surface area contributed by atoms with Crippen LogP contribution in [-0.4, -0.2) is 29.3 Å². The highest BCUT2D eigenvalue weighted by molar-refractivity contribution is 7.89. The van der Waals surface area contributed by atoms with Crippen molar-refractivity contribution in [3.05, 3.63) is 65.3 Å².